The fraction of sp³-hybridized carbons (Fsp3) is 0.538. The zero-order valence-corrected chi connectivity index (χ0v) is 9.70. The van der Waals surface area contributed by atoms with Crippen LogP contribution in [0.25, 0.3) is 0 Å². The van der Waals surface area contributed by atoms with Gasteiger partial charge in [-0.2, -0.15) is 0 Å². The third-order valence-corrected chi connectivity index (χ3v) is 3.18. The van der Waals surface area contributed by atoms with E-state index in [1.165, 1.54) is 5.56 Å². The molecule has 3 nitrogen and oxygen atoms in total. The van der Waals surface area contributed by atoms with Crippen molar-refractivity contribution in [2.75, 3.05) is 31.7 Å². The molecule has 0 aromatic heterocycles. The first-order chi connectivity index (χ1) is 7.78. The van der Waals surface area contributed by atoms with Crippen LogP contribution in [-0.4, -0.2) is 31.5 Å². The fourth-order valence-corrected chi connectivity index (χ4v) is 1.79. The molecule has 0 atom stereocenters. The third-order valence-electron chi connectivity index (χ3n) is 3.18. The molecule has 0 amide bonds. The molecule has 1 aromatic carbocycles. The van der Waals surface area contributed by atoms with E-state index in [9.17, 15) is 5.11 Å². The molecule has 88 valence electrons. The van der Waals surface area contributed by atoms with E-state index in [0.717, 1.165) is 18.7 Å². The first kappa shape index (κ1) is 11.4. The van der Waals surface area contributed by atoms with Gasteiger partial charge in [0.05, 0.1) is 25.2 Å². The maximum absolute atomic E-state index is 9.28. The van der Waals surface area contributed by atoms with Crippen LogP contribution in [0.1, 0.15) is 12.5 Å². The molecule has 0 bridgehead atoms. The highest BCUT2D eigenvalue weighted by Crippen LogP contribution is 2.27. The highest BCUT2D eigenvalue weighted by molar-refractivity contribution is 5.44. The predicted octanol–water partition coefficient (Wildman–Crippen LogP) is 1.67. The monoisotopic (exact) mass is 221 g/mol. The number of aliphatic hydroxyl groups excluding tert-OH is 1. The molecule has 2 N–H and O–H groups in total. The van der Waals surface area contributed by atoms with Gasteiger partial charge in [-0.05, 0) is 24.1 Å². The van der Waals surface area contributed by atoms with Crippen molar-refractivity contribution < 1.29 is 9.84 Å². The summed E-state index contributed by atoms with van der Waals surface area (Å²) in [6, 6.07) is 8.43. The standard InChI is InChI=1S/C13H19NO2/c1-2-11-3-5-12(6-4-11)14-7-13(8-15)9-16-10-13/h3-6,14-15H,2,7-10H2,1H3. The Morgan fingerprint density at radius 1 is 1.31 bits per heavy atom. The van der Waals surface area contributed by atoms with Gasteiger partial charge in [0.2, 0.25) is 0 Å². The normalized spacial score (nSPS) is 17.9. The third kappa shape index (κ3) is 2.36. The van der Waals surface area contributed by atoms with Gasteiger partial charge in [-0.3, -0.25) is 0 Å². The molecule has 1 aliphatic heterocycles. The molecule has 1 heterocycles. The first-order valence-corrected chi connectivity index (χ1v) is 5.79. The highest BCUT2D eigenvalue weighted by Gasteiger charge is 2.37. The summed E-state index contributed by atoms with van der Waals surface area (Å²) in [6.45, 7) is 4.42. The van der Waals surface area contributed by atoms with Crippen molar-refractivity contribution in [3.63, 3.8) is 0 Å². The van der Waals surface area contributed by atoms with Crippen molar-refractivity contribution in [3.05, 3.63) is 29.8 Å². The van der Waals surface area contributed by atoms with Crippen LogP contribution in [0.4, 0.5) is 5.69 Å². The number of ether oxygens (including phenoxy) is 1. The van der Waals surface area contributed by atoms with E-state index in [1.807, 2.05) is 0 Å². The van der Waals surface area contributed by atoms with E-state index in [0.29, 0.717) is 13.2 Å². The number of benzene rings is 1. The second-order valence-electron chi connectivity index (χ2n) is 4.55. The quantitative estimate of drug-likeness (QED) is 0.794. The molecule has 1 fully saturated rings. The summed E-state index contributed by atoms with van der Waals surface area (Å²) in [5.41, 5.74) is 2.38. The molecule has 1 aliphatic rings. The summed E-state index contributed by atoms with van der Waals surface area (Å²) >= 11 is 0. The number of hydrogen-bond donors (Lipinski definition) is 2. The Labute approximate surface area is 96.4 Å². The maximum atomic E-state index is 9.28. The number of hydrogen-bond acceptors (Lipinski definition) is 3. The van der Waals surface area contributed by atoms with Gasteiger partial charge in [-0.1, -0.05) is 19.1 Å². The van der Waals surface area contributed by atoms with Crippen molar-refractivity contribution >= 4 is 5.69 Å². The summed E-state index contributed by atoms with van der Waals surface area (Å²) in [5.74, 6) is 0. The average molecular weight is 221 g/mol. The van der Waals surface area contributed by atoms with Crippen LogP contribution >= 0.6 is 0 Å². The van der Waals surface area contributed by atoms with E-state index in [-0.39, 0.29) is 12.0 Å². The topological polar surface area (TPSA) is 41.5 Å². The lowest BCUT2D eigenvalue weighted by molar-refractivity contribution is -0.128. The summed E-state index contributed by atoms with van der Waals surface area (Å²) in [5, 5.41) is 12.6. The highest BCUT2D eigenvalue weighted by atomic mass is 16.5. The van der Waals surface area contributed by atoms with Crippen LogP contribution in [0.3, 0.4) is 0 Å². The van der Waals surface area contributed by atoms with Crippen LogP contribution in [0.15, 0.2) is 24.3 Å². The summed E-state index contributed by atoms with van der Waals surface area (Å²) in [7, 11) is 0. The van der Waals surface area contributed by atoms with Crippen molar-refractivity contribution in [2.24, 2.45) is 5.41 Å². The maximum Gasteiger partial charge on any atom is 0.0584 e. The zero-order chi connectivity index (χ0) is 11.4. The Morgan fingerprint density at radius 3 is 2.44 bits per heavy atom. The van der Waals surface area contributed by atoms with Crippen LogP contribution in [0, 0.1) is 5.41 Å². The van der Waals surface area contributed by atoms with Crippen LogP contribution in [-0.2, 0) is 11.2 Å². The zero-order valence-electron chi connectivity index (χ0n) is 9.70. The minimum Gasteiger partial charge on any atom is -0.396 e. The van der Waals surface area contributed by atoms with Gasteiger partial charge < -0.3 is 15.2 Å². The van der Waals surface area contributed by atoms with Gasteiger partial charge in [0.25, 0.3) is 0 Å². The largest absolute Gasteiger partial charge is 0.396 e. The smallest absolute Gasteiger partial charge is 0.0584 e. The number of rotatable bonds is 5. The molecule has 0 unspecified atom stereocenters. The van der Waals surface area contributed by atoms with Crippen molar-refractivity contribution in [3.8, 4) is 0 Å². The molecule has 0 spiro atoms. The van der Waals surface area contributed by atoms with Gasteiger partial charge in [-0.25, -0.2) is 0 Å². The lowest BCUT2D eigenvalue weighted by Gasteiger charge is -2.40. The molecule has 16 heavy (non-hydrogen) atoms. The Kier molecular flexibility index (Phi) is 3.46. The SMILES string of the molecule is CCc1ccc(NCC2(CO)COC2)cc1. The second kappa shape index (κ2) is 4.85. The van der Waals surface area contributed by atoms with Gasteiger partial charge in [0.1, 0.15) is 0 Å². The first-order valence-electron chi connectivity index (χ1n) is 5.79. The van der Waals surface area contributed by atoms with Gasteiger partial charge in [-0.15, -0.1) is 0 Å². The van der Waals surface area contributed by atoms with Crippen molar-refractivity contribution in [1.29, 1.82) is 0 Å². The van der Waals surface area contributed by atoms with E-state index in [2.05, 4.69) is 36.5 Å². The predicted molar refractivity (Wildman–Crippen MR) is 64.6 cm³/mol. The molecular formula is C13H19NO2. The lowest BCUT2D eigenvalue weighted by atomic mass is 9.87. The summed E-state index contributed by atoms with van der Waals surface area (Å²) in [4.78, 5) is 0. The van der Waals surface area contributed by atoms with Crippen molar-refractivity contribution in [2.45, 2.75) is 13.3 Å². The molecular weight excluding hydrogens is 202 g/mol. The number of anilines is 1. The number of nitrogens with one attached hydrogen (secondary N) is 1. The molecule has 0 aliphatic carbocycles. The Balaban J connectivity index is 1.89. The number of aliphatic hydroxyl groups is 1. The molecule has 3 heteroatoms. The van der Waals surface area contributed by atoms with E-state index in [1.54, 1.807) is 0 Å². The molecule has 1 saturated heterocycles. The van der Waals surface area contributed by atoms with Crippen LogP contribution in [0.2, 0.25) is 0 Å². The summed E-state index contributed by atoms with van der Waals surface area (Å²) < 4.78 is 5.15. The second-order valence-corrected chi connectivity index (χ2v) is 4.55. The molecule has 0 saturated carbocycles. The minimum atomic E-state index is -0.0660. The average Bonchev–Trinajstić information content (AvgIpc) is 2.29. The van der Waals surface area contributed by atoms with E-state index >= 15 is 0 Å². The molecule has 2 rings (SSSR count). The fourth-order valence-electron chi connectivity index (χ4n) is 1.79. The van der Waals surface area contributed by atoms with Gasteiger partial charge in [0, 0.05) is 12.2 Å². The Bertz CT molecular complexity index is 325. The molecule has 1 aromatic rings. The van der Waals surface area contributed by atoms with Crippen LogP contribution in [0.5, 0.6) is 0 Å². The lowest BCUT2D eigenvalue weighted by Crippen LogP contribution is -2.50. The Morgan fingerprint density at radius 2 is 2.00 bits per heavy atom. The van der Waals surface area contributed by atoms with E-state index in [4.69, 9.17) is 4.74 Å². The van der Waals surface area contributed by atoms with Crippen LogP contribution < -0.4 is 5.32 Å². The number of aryl methyl sites for hydroxylation is 1. The summed E-state index contributed by atoms with van der Waals surface area (Å²) in [6.07, 6.45) is 1.06. The Hall–Kier alpha value is -1.06. The van der Waals surface area contributed by atoms with Crippen molar-refractivity contribution in [1.82, 2.24) is 0 Å². The van der Waals surface area contributed by atoms with Gasteiger partial charge in [0.15, 0.2) is 0 Å². The molecule has 0 radical (unpaired) electrons. The van der Waals surface area contributed by atoms with Gasteiger partial charge >= 0.3 is 0 Å². The minimum absolute atomic E-state index is 0.0660. The van der Waals surface area contributed by atoms with E-state index < -0.39 is 0 Å².